The maximum absolute atomic E-state index is 12.6. The van der Waals surface area contributed by atoms with Crippen molar-refractivity contribution in [2.75, 3.05) is 33.2 Å². The van der Waals surface area contributed by atoms with Crippen molar-refractivity contribution in [3.05, 3.63) is 35.9 Å². The van der Waals surface area contributed by atoms with Gasteiger partial charge in [-0.2, -0.15) is 0 Å². The van der Waals surface area contributed by atoms with Crippen molar-refractivity contribution >= 4 is 30.7 Å². The van der Waals surface area contributed by atoms with Gasteiger partial charge in [-0.15, -0.1) is 24.8 Å². The van der Waals surface area contributed by atoms with E-state index in [0.717, 1.165) is 38.2 Å². The fraction of sp³-hybridized carbons (Fsp3) is 0.611. The Bertz CT molecular complexity index is 453. The Balaban J connectivity index is 0.00000264. The first-order chi connectivity index (χ1) is 10.7. The fourth-order valence-electron chi connectivity index (χ4n) is 3.09. The molecule has 2 unspecified atom stereocenters. The zero-order valence-corrected chi connectivity index (χ0v) is 16.3. The molecule has 4 nitrogen and oxygen atoms in total. The molecule has 2 N–H and O–H groups in total. The van der Waals surface area contributed by atoms with E-state index in [0.29, 0.717) is 5.92 Å². The fourth-order valence-corrected chi connectivity index (χ4v) is 3.09. The summed E-state index contributed by atoms with van der Waals surface area (Å²) in [7, 11) is 2.00. The van der Waals surface area contributed by atoms with E-state index in [-0.39, 0.29) is 36.8 Å². The molecule has 0 spiro atoms. The predicted molar refractivity (Wildman–Crippen MR) is 105 cm³/mol. The molecule has 1 aromatic rings. The standard InChI is InChI=1S/C18H29N3O.2ClH/c1-3-21(2)17(16-9-5-4-6-10-16)18(22)20-13-11-15-8-7-12-19-14-15;;/h4-6,9-10,15,17,19H,3,7-8,11-14H2,1-2H3,(H,20,22);2*1H. The van der Waals surface area contributed by atoms with Crippen molar-refractivity contribution < 1.29 is 4.79 Å². The van der Waals surface area contributed by atoms with E-state index < -0.39 is 0 Å². The van der Waals surface area contributed by atoms with Gasteiger partial charge in [0.1, 0.15) is 6.04 Å². The molecule has 0 saturated carbocycles. The molecule has 24 heavy (non-hydrogen) atoms. The number of nitrogens with zero attached hydrogens (tertiary/aromatic N) is 1. The largest absolute Gasteiger partial charge is 0.354 e. The summed E-state index contributed by atoms with van der Waals surface area (Å²) in [5.41, 5.74) is 1.06. The summed E-state index contributed by atoms with van der Waals surface area (Å²) in [6.07, 6.45) is 3.60. The average Bonchev–Trinajstić information content (AvgIpc) is 2.57. The number of hydrogen-bond donors (Lipinski definition) is 2. The van der Waals surface area contributed by atoms with Crippen LogP contribution in [0.2, 0.25) is 0 Å². The van der Waals surface area contributed by atoms with Crippen LogP contribution in [0, 0.1) is 5.92 Å². The third kappa shape index (κ3) is 6.98. The average molecular weight is 376 g/mol. The zero-order chi connectivity index (χ0) is 15.8. The number of nitrogens with one attached hydrogen (secondary N) is 2. The number of likely N-dealkylation sites (N-methyl/N-ethyl adjacent to an activating group) is 1. The molecule has 2 rings (SSSR count). The predicted octanol–water partition coefficient (Wildman–Crippen LogP) is 3.03. The Morgan fingerprint density at radius 1 is 1.33 bits per heavy atom. The van der Waals surface area contributed by atoms with Crippen molar-refractivity contribution in [3.8, 4) is 0 Å². The molecule has 0 aliphatic carbocycles. The van der Waals surface area contributed by atoms with Gasteiger partial charge >= 0.3 is 0 Å². The van der Waals surface area contributed by atoms with Crippen LogP contribution in [0.3, 0.4) is 0 Å². The number of carbonyl (C=O) groups is 1. The number of carbonyl (C=O) groups excluding carboxylic acids is 1. The second-order valence-corrected chi connectivity index (χ2v) is 6.18. The molecule has 1 aliphatic heterocycles. The molecule has 2 atom stereocenters. The number of piperidine rings is 1. The van der Waals surface area contributed by atoms with Gasteiger partial charge in [0.15, 0.2) is 0 Å². The van der Waals surface area contributed by atoms with Crippen molar-refractivity contribution in [1.82, 2.24) is 15.5 Å². The van der Waals surface area contributed by atoms with Crippen LogP contribution < -0.4 is 10.6 Å². The normalized spacial score (nSPS) is 18.2. The zero-order valence-electron chi connectivity index (χ0n) is 14.7. The summed E-state index contributed by atoms with van der Waals surface area (Å²) in [6, 6.07) is 9.83. The molecular formula is C18H31Cl2N3O. The maximum atomic E-state index is 12.6. The second-order valence-electron chi connectivity index (χ2n) is 6.18. The molecule has 1 heterocycles. The van der Waals surface area contributed by atoms with Gasteiger partial charge in [0.05, 0.1) is 0 Å². The van der Waals surface area contributed by atoms with E-state index in [1.54, 1.807) is 0 Å². The van der Waals surface area contributed by atoms with Crippen LogP contribution in [0.25, 0.3) is 0 Å². The summed E-state index contributed by atoms with van der Waals surface area (Å²) in [4.78, 5) is 14.7. The van der Waals surface area contributed by atoms with Gasteiger partial charge in [-0.3, -0.25) is 9.69 Å². The molecule has 1 saturated heterocycles. The van der Waals surface area contributed by atoms with Crippen LogP contribution >= 0.6 is 24.8 Å². The van der Waals surface area contributed by atoms with Crippen molar-refractivity contribution in [1.29, 1.82) is 0 Å². The lowest BCUT2D eigenvalue weighted by Gasteiger charge is -2.27. The van der Waals surface area contributed by atoms with Gasteiger partial charge in [0, 0.05) is 6.54 Å². The number of rotatable bonds is 7. The molecule has 1 fully saturated rings. The highest BCUT2D eigenvalue weighted by Gasteiger charge is 2.24. The quantitative estimate of drug-likeness (QED) is 0.769. The lowest BCUT2D eigenvalue weighted by atomic mass is 9.96. The highest BCUT2D eigenvalue weighted by molar-refractivity contribution is 5.85. The van der Waals surface area contributed by atoms with Crippen molar-refractivity contribution in [3.63, 3.8) is 0 Å². The minimum atomic E-state index is -0.198. The van der Waals surface area contributed by atoms with E-state index in [9.17, 15) is 4.79 Å². The minimum absolute atomic E-state index is 0. The smallest absolute Gasteiger partial charge is 0.241 e. The number of hydrogen-bond acceptors (Lipinski definition) is 3. The Kier molecular flexibility index (Phi) is 12.1. The summed E-state index contributed by atoms with van der Waals surface area (Å²) < 4.78 is 0. The summed E-state index contributed by atoms with van der Waals surface area (Å²) in [5, 5.41) is 6.56. The first kappa shape index (κ1) is 23.2. The summed E-state index contributed by atoms with van der Waals surface area (Å²) >= 11 is 0. The van der Waals surface area contributed by atoms with Gasteiger partial charge in [-0.1, -0.05) is 37.3 Å². The van der Waals surface area contributed by atoms with E-state index in [1.165, 1.54) is 12.8 Å². The highest BCUT2D eigenvalue weighted by Crippen LogP contribution is 2.19. The minimum Gasteiger partial charge on any atom is -0.354 e. The van der Waals surface area contributed by atoms with E-state index in [1.807, 2.05) is 37.4 Å². The van der Waals surface area contributed by atoms with Crippen LogP contribution in [-0.4, -0.2) is 44.0 Å². The number of benzene rings is 1. The Morgan fingerprint density at radius 3 is 2.62 bits per heavy atom. The number of halogens is 2. The van der Waals surface area contributed by atoms with Gasteiger partial charge in [0.25, 0.3) is 0 Å². The summed E-state index contributed by atoms with van der Waals surface area (Å²) in [6.45, 7) is 5.93. The van der Waals surface area contributed by atoms with Crippen molar-refractivity contribution in [2.45, 2.75) is 32.2 Å². The molecule has 0 bridgehead atoms. The SMILES string of the molecule is CCN(C)C(C(=O)NCCC1CCCNC1)c1ccccc1.Cl.Cl. The van der Waals surface area contributed by atoms with Gasteiger partial charge in [0.2, 0.25) is 5.91 Å². The second kappa shape index (κ2) is 12.5. The molecular weight excluding hydrogens is 345 g/mol. The van der Waals surface area contributed by atoms with Crippen LogP contribution in [-0.2, 0) is 4.79 Å². The third-order valence-electron chi connectivity index (χ3n) is 4.55. The first-order valence-electron chi connectivity index (χ1n) is 8.46. The van der Waals surface area contributed by atoms with E-state index in [4.69, 9.17) is 0 Å². The van der Waals surface area contributed by atoms with E-state index in [2.05, 4.69) is 22.5 Å². The van der Waals surface area contributed by atoms with Gasteiger partial charge in [-0.25, -0.2) is 0 Å². The Morgan fingerprint density at radius 2 is 2.04 bits per heavy atom. The lowest BCUT2D eigenvalue weighted by Crippen LogP contribution is -2.40. The number of amides is 1. The van der Waals surface area contributed by atoms with Gasteiger partial charge in [-0.05, 0) is 57.4 Å². The molecule has 6 heteroatoms. The molecule has 0 radical (unpaired) electrons. The van der Waals surface area contributed by atoms with Crippen LogP contribution in [0.1, 0.15) is 37.8 Å². The third-order valence-corrected chi connectivity index (χ3v) is 4.55. The first-order valence-corrected chi connectivity index (χ1v) is 8.46. The monoisotopic (exact) mass is 375 g/mol. The van der Waals surface area contributed by atoms with Gasteiger partial charge < -0.3 is 10.6 Å². The van der Waals surface area contributed by atoms with E-state index >= 15 is 0 Å². The molecule has 1 amide bonds. The lowest BCUT2D eigenvalue weighted by molar-refractivity contribution is -0.126. The summed E-state index contributed by atoms with van der Waals surface area (Å²) in [5.74, 6) is 0.812. The Hall–Kier alpha value is -0.810. The molecule has 1 aliphatic rings. The van der Waals surface area contributed by atoms with Crippen LogP contribution in [0.15, 0.2) is 30.3 Å². The van der Waals surface area contributed by atoms with Crippen LogP contribution in [0.5, 0.6) is 0 Å². The maximum Gasteiger partial charge on any atom is 0.241 e. The molecule has 1 aromatic carbocycles. The van der Waals surface area contributed by atoms with Crippen molar-refractivity contribution in [2.24, 2.45) is 5.92 Å². The molecule has 0 aromatic heterocycles. The highest BCUT2D eigenvalue weighted by atomic mass is 35.5. The topological polar surface area (TPSA) is 44.4 Å². The molecule has 138 valence electrons. The van der Waals surface area contributed by atoms with Crippen LogP contribution in [0.4, 0.5) is 0 Å². The Labute approximate surface area is 158 Å².